The summed E-state index contributed by atoms with van der Waals surface area (Å²) < 4.78 is 5.54. The Bertz CT molecular complexity index is 786. The molecule has 0 saturated carbocycles. The van der Waals surface area contributed by atoms with Crippen LogP contribution in [0, 0.1) is 0 Å². The molecule has 27 heavy (non-hydrogen) atoms. The average Bonchev–Trinajstić information content (AvgIpc) is 3.21. The molecule has 1 aliphatic rings. The second-order valence-electron chi connectivity index (χ2n) is 6.49. The van der Waals surface area contributed by atoms with Gasteiger partial charge in [0.15, 0.2) is 5.11 Å². The van der Waals surface area contributed by atoms with Crippen molar-refractivity contribution in [2.75, 3.05) is 29.9 Å². The van der Waals surface area contributed by atoms with Crippen molar-refractivity contribution >= 4 is 34.6 Å². The molecule has 142 valence electrons. The van der Waals surface area contributed by atoms with E-state index in [2.05, 4.69) is 28.5 Å². The van der Waals surface area contributed by atoms with E-state index in [9.17, 15) is 4.79 Å². The van der Waals surface area contributed by atoms with E-state index in [4.69, 9.17) is 17.0 Å². The van der Waals surface area contributed by atoms with Crippen LogP contribution < -0.4 is 20.3 Å². The number of nitrogens with zero attached hydrogens (tertiary/aromatic N) is 1. The van der Waals surface area contributed by atoms with Crippen LogP contribution in [0.2, 0.25) is 0 Å². The fourth-order valence-electron chi connectivity index (χ4n) is 3.06. The van der Waals surface area contributed by atoms with E-state index in [0.717, 1.165) is 36.6 Å². The standard InChI is InChI=1S/C21H25N3O2S/c1-2-15-26-17-11-9-16(10-12-17)20(25)23-21(27)22-18-7-3-4-8-19(18)24-13-5-6-14-24/h3-4,7-12H,2,5-6,13-15H2,1H3,(H2,22,23,25,27). The first-order valence-electron chi connectivity index (χ1n) is 9.36. The Balaban J connectivity index is 1.60. The minimum atomic E-state index is -0.242. The van der Waals surface area contributed by atoms with Gasteiger partial charge in [0.05, 0.1) is 18.0 Å². The molecule has 3 rings (SSSR count). The molecule has 2 aromatic rings. The summed E-state index contributed by atoms with van der Waals surface area (Å²) >= 11 is 5.34. The van der Waals surface area contributed by atoms with E-state index < -0.39 is 0 Å². The van der Waals surface area contributed by atoms with Crippen LogP contribution in [-0.4, -0.2) is 30.7 Å². The lowest BCUT2D eigenvalue weighted by atomic mass is 10.2. The molecular weight excluding hydrogens is 358 g/mol. The second-order valence-corrected chi connectivity index (χ2v) is 6.90. The molecule has 0 bridgehead atoms. The maximum Gasteiger partial charge on any atom is 0.257 e. The number of carbonyl (C=O) groups excluding carboxylic acids is 1. The van der Waals surface area contributed by atoms with Crippen LogP contribution in [0.15, 0.2) is 48.5 Å². The predicted octanol–water partition coefficient (Wildman–Crippen LogP) is 4.20. The summed E-state index contributed by atoms with van der Waals surface area (Å²) in [4.78, 5) is 14.8. The van der Waals surface area contributed by atoms with Crippen LogP contribution in [0.3, 0.4) is 0 Å². The van der Waals surface area contributed by atoms with Crippen molar-refractivity contribution in [2.45, 2.75) is 26.2 Å². The Labute approximate surface area is 165 Å². The number of amides is 1. The highest BCUT2D eigenvalue weighted by Crippen LogP contribution is 2.28. The summed E-state index contributed by atoms with van der Waals surface area (Å²) in [6, 6.07) is 15.1. The van der Waals surface area contributed by atoms with E-state index in [1.54, 1.807) is 24.3 Å². The molecule has 1 fully saturated rings. The number of thiocarbonyl (C=S) groups is 1. The third-order valence-corrected chi connectivity index (χ3v) is 4.62. The van der Waals surface area contributed by atoms with Gasteiger partial charge in [-0.3, -0.25) is 10.1 Å². The average molecular weight is 384 g/mol. The summed E-state index contributed by atoms with van der Waals surface area (Å²) in [6.07, 6.45) is 3.35. The fourth-order valence-corrected chi connectivity index (χ4v) is 3.27. The molecule has 0 atom stereocenters. The molecule has 0 unspecified atom stereocenters. The van der Waals surface area contributed by atoms with Crippen molar-refractivity contribution < 1.29 is 9.53 Å². The third kappa shape index (κ3) is 5.20. The molecule has 1 aliphatic heterocycles. The maximum absolute atomic E-state index is 12.4. The first kappa shape index (κ1) is 19.2. The number of rotatable bonds is 6. The van der Waals surface area contributed by atoms with Crippen LogP contribution in [0.4, 0.5) is 11.4 Å². The molecule has 0 aliphatic carbocycles. The highest BCUT2D eigenvalue weighted by molar-refractivity contribution is 7.80. The summed E-state index contributed by atoms with van der Waals surface area (Å²) in [7, 11) is 0. The lowest BCUT2D eigenvalue weighted by Crippen LogP contribution is -2.34. The molecular formula is C21H25N3O2S. The highest BCUT2D eigenvalue weighted by atomic mass is 32.1. The van der Waals surface area contributed by atoms with E-state index in [1.165, 1.54) is 12.8 Å². The number of para-hydroxylation sites is 2. The van der Waals surface area contributed by atoms with Gasteiger partial charge in [-0.2, -0.15) is 0 Å². The van der Waals surface area contributed by atoms with Crippen molar-refractivity contribution in [3.63, 3.8) is 0 Å². The van der Waals surface area contributed by atoms with E-state index in [1.807, 2.05) is 18.2 Å². The zero-order valence-electron chi connectivity index (χ0n) is 15.5. The topological polar surface area (TPSA) is 53.6 Å². The van der Waals surface area contributed by atoms with Gasteiger partial charge in [-0.15, -0.1) is 0 Å². The highest BCUT2D eigenvalue weighted by Gasteiger charge is 2.16. The summed E-state index contributed by atoms with van der Waals surface area (Å²) in [6.45, 7) is 4.81. The lowest BCUT2D eigenvalue weighted by Gasteiger charge is -2.22. The summed E-state index contributed by atoms with van der Waals surface area (Å²) in [5.74, 6) is 0.516. The lowest BCUT2D eigenvalue weighted by molar-refractivity contribution is 0.0977. The van der Waals surface area contributed by atoms with Gasteiger partial charge in [-0.05, 0) is 67.9 Å². The Morgan fingerprint density at radius 2 is 1.81 bits per heavy atom. The first-order valence-corrected chi connectivity index (χ1v) is 9.77. The molecule has 1 amide bonds. The van der Waals surface area contributed by atoms with Crippen molar-refractivity contribution in [3.05, 3.63) is 54.1 Å². The van der Waals surface area contributed by atoms with E-state index in [0.29, 0.717) is 12.2 Å². The van der Waals surface area contributed by atoms with Crippen LogP contribution in [-0.2, 0) is 0 Å². The Morgan fingerprint density at radius 1 is 1.11 bits per heavy atom. The SMILES string of the molecule is CCCOc1ccc(C(=O)NC(=S)Nc2ccccc2N2CCCC2)cc1. The second kappa shape index (κ2) is 9.37. The molecule has 1 saturated heterocycles. The van der Waals surface area contributed by atoms with Crippen LogP contribution in [0.25, 0.3) is 0 Å². The van der Waals surface area contributed by atoms with Gasteiger partial charge in [0.25, 0.3) is 5.91 Å². The van der Waals surface area contributed by atoms with E-state index >= 15 is 0 Å². The van der Waals surface area contributed by atoms with Crippen molar-refractivity contribution in [1.29, 1.82) is 0 Å². The van der Waals surface area contributed by atoms with Gasteiger partial charge < -0.3 is 15.0 Å². The molecule has 0 aromatic heterocycles. The van der Waals surface area contributed by atoms with Gasteiger partial charge in [-0.25, -0.2) is 0 Å². The number of carbonyl (C=O) groups is 1. The normalized spacial score (nSPS) is 13.3. The number of benzene rings is 2. The van der Waals surface area contributed by atoms with E-state index in [-0.39, 0.29) is 11.0 Å². The Morgan fingerprint density at radius 3 is 2.52 bits per heavy atom. The molecule has 0 spiro atoms. The van der Waals surface area contributed by atoms with Crippen LogP contribution >= 0.6 is 12.2 Å². The van der Waals surface area contributed by atoms with Gasteiger partial charge in [0, 0.05) is 18.7 Å². The van der Waals surface area contributed by atoms with Gasteiger partial charge >= 0.3 is 0 Å². The smallest absolute Gasteiger partial charge is 0.257 e. The molecule has 0 radical (unpaired) electrons. The number of hydrogen-bond donors (Lipinski definition) is 2. The number of ether oxygens (including phenoxy) is 1. The minimum absolute atomic E-state index is 0.242. The fraction of sp³-hybridized carbons (Fsp3) is 0.333. The Kier molecular flexibility index (Phi) is 6.65. The zero-order valence-corrected chi connectivity index (χ0v) is 16.3. The van der Waals surface area contributed by atoms with Gasteiger partial charge in [-0.1, -0.05) is 19.1 Å². The largest absolute Gasteiger partial charge is 0.494 e. The summed E-state index contributed by atoms with van der Waals surface area (Å²) in [5, 5.41) is 6.20. The van der Waals surface area contributed by atoms with Crippen molar-refractivity contribution in [2.24, 2.45) is 0 Å². The first-order chi connectivity index (χ1) is 13.2. The molecule has 5 nitrogen and oxygen atoms in total. The number of nitrogens with one attached hydrogen (secondary N) is 2. The molecule has 1 heterocycles. The molecule has 6 heteroatoms. The van der Waals surface area contributed by atoms with Gasteiger partial charge in [0.1, 0.15) is 5.75 Å². The number of hydrogen-bond acceptors (Lipinski definition) is 4. The predicted molar refractivity (Wildman–Crippen MR) is 114 cm³/mol. The zero-order chi connectivity index (χ0) is 19.1. The van der Waals surface area contributed by atoms with Crippen molar-refractivity contribution in [1.82, 2.24) is 5.32 Å². The summed E-state index contributed by atoms with van der Waals surface area (Å²) in [5.41, 5.74) is 2.56. The Hall–Kier alpha value is -2.60. The quantitative estimate of drug-likeness (QED) is 0.732. The van der Waals surface area contributed by atoms with Crippen LogP contribution in [0.1, 0.15) is 36.5 Å². The number of anilines is 2. The van der Waals surface area contributed by atoms with Gasteiger partial charge in [0.2, 0.25) is 0 Å². The maximum atomic E-state index is 12.4. The minimum Gasteiger partial charge on any atom is -0.494 e. The third-order valence-electron chi connectivity index (χ3n) is 4.42. The van der Waals surface area contributed by atoms with Crippen molar-refractivity contribution in [3.8, 4) is 5.75 Å². The molecule has 2 N–H and O–H groups in total. The molecule has 2 aromatic carbocycles. The monoisotopic (exact) mass is 383 g/mol. The van der Waals surface area contributed by atoms with Crippen LogP contribution in [0.5, 0.6) is 5.75 Å².